The highest BCUT2D eigenvalue weighted by molar-refractivity contribution is 6.14. The SMILES string of the molecule is CC1(c2cccc(-c3ccc(-c4cc(-c5ccccc5)cc(C5C#CC=CC=C5)c4)cc3)c2)c2ccc3ccccc3c2N=C2c3ccccc3C=CC21. The minimum Gasteiger partial charge on any atom is -0.251 e. The van der Waals surface area contributed by atoms with Crippen LogP contribution in [0.1, 0.15) is 40.7 Å². The number of fused-ring (bicyclic) bond motifs is 6. The van der Waals surface area contributed by atoms with Crippen molar-refractivity contribution in [3.05, 3.63) is 216 Å². The molecule has 254 valence electrons. The van der Waals surface area contributed by atoms with Crippen LogP contribution in [0.25, 0.3) is 50.2 Å². The number of aliphatic imine (C=N–C) groups is 1. The van der Waals surface area contributed by atoms with Crippen molar-refractivity contribution in [3.63, 3.8) is 0 Å². The zero-order valence-corrected chi connectivity index (χ0v) is 30.1. The maximum Gasteiger partial charge on any atom is 0.0753 e. The quantitative estimate of drug-likeness (QED) is 0.160. The Balaban J connectivity index is 1.06. The monoisotopic (exact) mass is 687 g/mol. The standard InChI is InChI=1S/C53H37N/c1-53(49-30-28-40-18-9-11-22-47(40)51(49)54-52-48-23-12-10-19-41(48)29-31-50(52)53)46-21-13-20-42(35-46)38-24-26-39(27-25-38)45-33-43(36-14-5-2-3-6-15-36)32-44(34-45)37-16-7-4-8-17-37/h2-5,7-14,16-36,49H,1H3. The van der Waals surface area contributed by atoms with Gasteiger partial charge in [0.25, 0.3) is 0 Å². The van der Waals surface area contributed by atoms with Crippen molar-refractivity contribution in [2.75, 3.05) is 0 Å². The molecule has 0 saturated carbocycles. The first kappa shape index (κ1) is 31.9. The lowest BCUT2D eigenvalue weighted by atomic mass is 9.61. The van der Waals surface area contributed by atoms with Gasteiger partial charge >= 0.3 is 0 Å². The van der Waals surface area contributed by atoms with Crippen LogP contribution in [0.3, 0.4) is 0 Å². The van der Waals surface area contributed by atoms with Gasteiger partial charge in [0.05, 0.1) is 17.3 Å². The van der Waals surface area contributed by atoms with E-state index in [4.69, 9.17) is 4.99 Å². The average molecular weight is 688 g/mol. The number of allylic oxidation sites excluding steroid dienone is 5. The Bertz CT molecular complexity index is 2780. The Labute approximate surface area is 317 Å². The van der Waals surface area contributed by atoms with Crippen LogP contribution in [0.15, 0.2) is 193 Å². The van der Waals surface area contributed by atoms with Crippen molar-refractivity contribution in [1.82, 2.24) is 0 Å². The summed E-state index contributed by atoms with van der Waals surface area (Å²) in [6.45, 7) is 2.42. The second-order valence-corrected chi connectivity index (χ2v) is 14.7. The molecule has 0 saturated heterocycles. The first-order chi connectivity index (χ1) is 26.6. The Hall–Kier alpha value is -6.75. The molecular weight excluding hydrogens is 651 g/mol. The number of nitrogens with zero attached hydrogens (tertiary/aromatic N) is 1. The first-order valence-electron chi connectivity index (χ1n) is 18.8. The molecule has 0 radical (unpaired) electrons. The third-order valence-electron chi connectivity index (χ3n) is 11.6. The number of hydrogen-bond acceptors (Lipinski definition) is 1. The maximum atomic E-state index is 5.49. The Morgan fingerprint density at radius 2 is 1.30 bits per heavy atom. The van der Waals surface area contributed by atoms with Gasteiger partial charge in [-0.15, -0.1) is 0 Å². The highest BCUT2D eigenvalue weighted by Gasteiger charge is 2.45. The van der Waals surface area contributed by atoms with Crippen LogP contribution >= 0.6 is 0 Å². The Morgan fingerprint density at radius 1 is 0.574 bits per heavy atom. The molecule has 0 N–H and O–H groups in total. The van der Waals surface area contributed by atoms with E-state index in [-0.39, 0.29) is 17.3 Å². The first-order valence-corrected chi connectivity index (χ1v) is 18.8. The number of rotatable bonds is 5. The van der Waals surface area contributed by atoms with Gasteiger partial charge in [0, 0.05) is 22.3 Å². The molecule has 54 heavy (non-hydrogen) atoms. The second-order valence-electron chi connectivity index (χ2n) is 14.7. The predicted molar refractivity (Wildman–Crippen MR) is 227 cm³/mol. The molecule has 0 aromatic heterocycles. The van der Waals surface area contributed by atoms with E-state index in [9.17, 15) is 0 Å². The second kappa shape index (κ2) is 13.0. The highest BCUT2D eigenvalue weighted by Crippen LogP contribution is 2.53. The summed E-state index contributed by atoms with van der Waals surface area (Å²) >= 11 is 0. The van der Waals surface area contributed by atoms with Crippen molar-refractivity contribution in [3.8, 4) is 45.2 Å². The summed E-state index contributed by atoms with van der Waals surface area (Å²) in [5, 5.41) is 2.41. The fraction of sp³-hybridized carbons (Fsp3) is 0.0755. The summed E-state index contributed by atoms with van der Waals surface area (Å²) in [4.78, 5) is 5.49. The fourth-order valence-corrected chi connectivity index (χ4v) is 8.68. The predicted octanol–water partition coefficient (Wildman–Crippen LogP) is 13.1. The van der Waals surface area contributed by atoms with Gasteiger partial charge in [0.15, 0.2) is 0 Å². The van der Waals surface area contributed by atoms with E-state index in [0.717, 1.165) is 11.4 Å². The Morgan fingerprint density at radius 3 is 2.15 bits per heavy atom. The maximum absolute atomic E-state index is 5.49. The lowest BCUT2D eigenvalue weighted by Gasteiger charge is -2.43. The van der Waals surface area contributed by atoms with Gasteiger partial charge in [0.1, 0.15) is 0 Å². The van der Waals surface area contributed by atoms with E-state index < -0.39 is 0 Å². The zero-order chi connectivity index (χ0) is 36.1. The third kappa shape index (κ3) is 5.39. The molecule has 7 aromatic carbocycles. The van der Waals surface area contributed by atoms with Gasteiger partial charge in [-0.25, -0.2) is 0 Å². The van der Waals surface area contributed by atoms with Crippen molar-refractivity contribution < 1.29 is 0 Å². The molecule has 3 unspecified atom stereocenters. The van der Waals surface area contributed by atoms with E-state index in [1.165, 1.54) is 72.0 Å². The van der Waals surface area contributed by atoms with Crippen LogP contribution in [0.2, 0.25) is 0 Å². The molecule has 3 atom stereocenters. The van der Waals surface area contributed by atoms with Crippen molar-refractivity contribution in [2.24, 2.45) is 10.9 Å². The third-order valence-corrected chi connectivity index (χ3v) is 11.6. The minimum atomic E-state index is -0.338. The van der Waals surface area contributed by atoms with E-state index in [0.29, 0.717) is 0 Å². The van der Waals surface area contributed by atoms with Crippen LogP contribution < -0.4 is 0 Å². The summed E-state index contributed by atoms with van der Waals surface area (Å²) in [6, 6.07) is 57.7. The zero-order valence-electron chi connectivity index (χ0n) is 30.1. The van der Waals surface area contributed by atoms with Gasteiger partial charge in [-0.3, -0.25) is 4.99 Å². The van der Waals surface area contributed by atoms with Gasteiger partial charge in [-0.1, -0.05) is 189 Å². The largest absolute Gasteiger partial charge is 0.251 e. The topological polar surface area (TPSA) is 12.4 Å². The van der Waals surface area contributed by atoms with Gasteiger partial charge in [-0.2, -0.15) is 0 Å². The molecule has 1 aliphatic heterocycles. The van der Waals surface area contributed by atoms with Gasteiger partial charge in [0.2, 0.25) is 0 Å². The van der Waals surface area contributed by atoms with E-state index >= 15 is 0 Å². The molecule has 1 heterocycles. The molecule has 0 fully saturated rings. The highest BCUT2D eigenvalue weighted by atomic mass is 14.8. The number of benzene rings is 7. The summed E-state index contributed by atoms with van der Waals surface area (Å²) in [5.41, 5.74) is 15.3. The summed E-state index contributed by atoms with van der Waals surface area (Å²) in [6.07, 6.45) is 12.9. The minimum absolute atomic E-state index is 0.0340. The molecule has 1 heteroatoms. The van der Waals surface area contributed by atoms with Gasteiger partial charge < -0.3 is 0 Å². The molecule has 0 spiro atoms. The molecule has 2 aliphatic carbocycles. The van der Waals surface area contributed by atoms with Crippen molar-refractivity contribution >= 4 is 28.2 Å². The van der Waals surface area contributed by atoms with Crippen LogP contribution in [-0.4, -0.2) is 5.71 Å². The molecule has 3 aliphatic rings. The van der Waals surface area contributed by atoms with Crippen molar-refractivity contribution in [2.45, 2.75) is 18.3 Å². The van der Waals surface area contributed by atoms with E-state index in [1.54, 1.807) is 0 Å². The molecule has 0 amide bonds. The van der Waals surface area contributed by atoms with Crippen LogP contribution in [-0.2, 0) is 5.41 Å². The van der Waals surface area contributed by atoms with E-state index in [2.05, 4.69) is 201 Å². The lowest BCUT2D eigenvalue weighted by Crippen LogP contribution is -2.41. The van der Waals surface area contributed by atoms with Crippen LogP contribution in [0.4, 0.5) is 5.69 Å². The summed E-state index contributed by atoms with van der Waals surface area (Å²) in [7, 11) is 0. The summed E-state index contributed by atoms with van der Waals surface area (Å²) in [5.74, 6) is 6.75. The molecule has 7 aromatic rings. The van der Waals surface area contributed by atoms with Crippen LogP contribution in [0.5, 0.6) is 0 Å². The smallest absolute Gasteiger partial charge is 0.0753 e. The van der Waals surface area contributed by atoms with E-state index in [1.807, 2.05) is 12.2 Å². The normalized spacial score (nSPS) is 19.2. The van der Waals surface area contributed by atoms with Gasteiger partial charge in [-0.05, 0) is 85.3 Å². The number of hydrogen-bond donors (Lipinski definition) is 0. The molecule has 0 bridgehead atoms. The Kier molecular flexibility index (Phi) is 7.71. The van der Waals surface area contributed by atoms with Crippen molar-refractivity contribution in [1.29, 1.82) is 0 Å². The average Bonchev–Trinajstić information content (AvgIpc) is 3.54. The molecule has 1 nitrogen and oxygen atoms in total. The lowest BCUT2D eigenvalue weighted by molar-refractivity contribution is 0.502. The summed E-state index contributed by atoms with van der Waals surface area (Å²) < 4.78 is 0. The fourth-order valence-electron chi connectivity index (χ4n) is 8.68. The van der Waals surface area contributed by atoms with Crippen LogP contribution in [0, 0.1) is 17.8 Å². The molecule has 10 rings (SSSR count). The molecular formula is C53H37N.